The van der Waals surface area contributed by atoms with Crippen molar-refractivity contribution in [3.05, 3.63) is 18.2 Å². The molecule has 2 atom stereocenters. The normalized spacial score (nSPS) is 34.6. The molecule has 106 valence electrons. The van der Waals surface area contributed by atoms with Crippen molar-refractivity contribution in [2.24, 2.45) is 0 Å². The van der Waals surface area contributed by atoms with E-state index in [9.17, 15) is 0 Å². The average Bonchev–Trinajstić information content (AvgIpc) is 2.96. The Hall–Kier alpha value is -0.870. The molecular weight excluding hydrogens is 238 g/mol. The SMILES string of the molecule is CC1(C)CC(n2cncc2C2(C)CCNC2)CCO1. The Bertz CT molecular complexity index is 446. The molecule has 2 saturated heterocycles. The predicted octanol–water partition coefficient (Wildman–Crippen LogP) is 2.26. The molecule has 1 aromatic rings. The standard InChI is InChI=1S/C15H25N3O/c1-14(2)8-12(4-7-19-14)18-11-17-9-13(18)15(3)5-6-16-10-15/h9,11-12,16H,4-8,10H2,1-3H3. The van der Waals surface area contributed by atoms with E-state index < -0.39 is 0 Å². The van der Waals surface area contributed by atoms with Gasteiger partial charge >= 0.3 is 0 Å². The van der Waals surface area contributed by atoms with Crippen LogP contribution in [0.5, 0.6) is 0 Å². The first-order valence-corrected chi connectivity index (χ1v) is 7.37. The number of imidazole rings is 1. The summed E-state index contributed by atoms with van der Waals surface area (Å²) in [6.45, 7) is 9.75. The Kier molecular flexibility index (Phi) is 3.18. The van der Waals surface area contributed by atoms with Gasteiger partial charge in [-0.05, 0) is 39.7 Å². The van der Waals surface area contributed by atoms with Gasteiger partial charge in [0.05, 0.1) is 11.9 Å². The third kappa shape index (κ3) is 2.43. The van der Waals surface area contributed by atoms with Crippen LogP contribution in [0.3, 0.4) is 0 Å². The van der Waals surface area contributed by atoms with Gasteiger partial charge in [-0.3, -0.25) is 0 Å². The second kappa shape index (κ2) is 4.60. The lowest BCUT2D eigenvalue weighted by atomic mass is 9.85. The van der Waals surface area contributed by atoms with Crippen molar-refractivity contribution in [3.8, 4) is 0 Å². The maximum absolute atomic E-state index is 5.84. The van der Waals surface area contributed by atoms with Crippen LogP contribution < -0.4 is 5.32 Å². The zero-order chi connectivity index (χ0) is 13.5. The fourth-order valence-electron chi connectivity index (χ4n) is 3.54. The fraction of sp³-hybridized carbons (Fsp3) is 0.800. The number of hydrogen-bond acceptors (Lipinski definition) is 3. The van der Waals surface area contributed by atoms with Crippen LogP contribution in [0.2, 0.25) is 0 Å². The minimum atomic E-state index is -0.0146. The summed E-state index contributed by atoms with van der Waals surface area (Å²) in [6.07, 6.45) is 7.45. The molecule has 2 aliphatic heterocycles. The Balaban J connectivity index is 1.87. The van der Waals surface area contributed by atoms with Crippen LogP contribution in [0.1, 0.15) is 51.8 Å². The van der Waals surface area contributed by atoms with Crippen LogP contribution >= 0.6 is 0 Å². The van der Waals surface area contributed by atoms with Gasteiger partial charge in [-0.2, -0.15) is 0 Å². The number of hydrogen-bond donors (Lipinski definition) is 1. The Morgan fingerprint density at radius 3 is 2.95 bits per heavy atom. The molecule has 4 nitrogen and oxygen atoms in total. The smallest absolute Gasteiger partial charge is 0.0951 e. The van der Waals surface area contributed by atoms with Crippen LogP contribution in [-0.4, -0.2) is 34.8 Å². The molecule has 0 aliphatic carbocycles. The van der Waals surface area contributed by atoms with Crippen molar-refractivity contribution in [3.63, 3.8) is 0 Å². The maximum atomic E-state index is 5.84. The van der Waals surface area contributed by atoms with Gasteiger partial charge in [0.1, 0.15) is 0 Å². The molecule has 2 unspecified atom stereocenters. The molecule has 2 fully saturated rings. The summed E-state index contributed by atoms with van der Waals surface area (Å²) >= 11 is 0. The number of nitrogens with zero attached hydrogens (tertiary/aromatic N) is 2. The largest absolute Gasteiger partial charge is 0.375 e. The Labute approximate surface area is 115 Å². The van der Waals surface area contributed by atoms with Crippen molar-refractivity contribution >= 4 is 0 Å². The van der Waals surface area contributed by atoms with Gasteiger partial charge in [-0.15, -0.1) is 0 Å². The van der Waals surface area contributed by atoms with E-state index in [1.54, 1.807) is 0 Å². The molecule has 0 aromatic carbocycles. The van der Waals surface area contributed by atoms with Gasteiger partial charge in [-0.25, -0.2) is 4.98 Å². The van der Waals surface area contributed by atoms with Crippen molar-refractivity contribution < 1.29 is 4.74 Å². The summed E-state index contributed by atoms with van der Waals surface area (Å²) in [5, 5.41) is 3.48. The molecule has 0 amide bonds. The van der Waals surface area contributed by atoms with E-state index in [0.717, 1.165) is 32.5 Å². The van der Waals surface area contributed by atoms with Crippen LogP contribution in [0, 0.1) is 0 Å². The molecule has 4 heteroatoms. The van der Waals surface area contributed by atoms with Crippen molar-refractivity contribution in [1.82, 2.24) is 14.9 Å². The van der Waals surface area contributed by atoms with E-state index in [4.69, 9.17) is 4.74 Å². The first-order chi connectivity index (χ1) is 9.00. The second-order valence-electron chi connectivity index (χ2n) is 6.93. The minimum Gasteiger partial charge on any atom is -0.375 e. The van der Waals surface area contributed by atoms with Crippen LogP contribution in [0.4, 0.5) is 0 Å². The average molecular weight is 263 g/mol. The lowest BCUT2D eigenvalue weighted by molar-refractivity contribution is -0.0697. The van der Waals surface area contributed by atoms with Crippen LogP contribution in [0.25, 0.3) is 0 Å². The van der Waals surface area contributed by atoms with Crippen molar-refractivity contribution in [2.75, 3.05) is 19.7 Å². The van der Waals surface area contributed by atoms with Gasteiger partial charge in [0.2, 0.25) is 0 Å². The maximum Gasteiger partial charge on any atom is 0.0951 e. The monoisotopic (exact) mass is 263 g/mol. The third-order valence-electron chi connectivity index (χ3n) is 4.72. The molecule has 19 heavy (non-hydrogen) atoms. The Morgan fingerprint density at radius 1 is 1.42 bits per heavy atom. The quantitative estimate of drug-likeness (QED) is 0.889. The molecular formula is C15H25N3O. The highest BCUT2D eigenvalue weighted by Gasteiger charge is 2.37. The summed E-state index contributed by atoms with van der Waals surface area (Å²) < 4.78 is 8.25. The summed E-state index contributed by atoms with van der Waals surface area (Å²) in [4.78, 5) is 4.43. The zero-order valence-electron chi connectivity index (χ0n) is 12.3. The van der Waals surface area contributed by atoms with Crippen molar-refractivity contribution in [2.45, 2.75) is 57.1 Å². The molecule has 0 saturated carbocycles. The van der Waals surface area contributed by atoms with E-state index in [2.05, 4.69) is 41.8 Å². The van der Waals surface area contributed by atoms with E-state index >= 15 is 0 Å². The van der Waals surface area contributed by atoms with Gasteiger partial charge in [0.25, 0.3) is 0 Å². The Morgan fingerprint density at radius 2 is 2.26 bits per heavy atom. The van der Waals surface area contributed by atoms with E-state index in [0.29, 0.717) is 6.04 Å². The minimum absolute atomic E-state index is 0.0146. The molecule has 1 N–H and O–H groups in total. The van der Waals surface area contributed by atoms with Gasteiger partial charge in [0, 0.05) is 36.5 Å². The molecule has 0 bridgehead atoms. The van der Waals surface area contributed by atoms with Gasteiger partial charge < -0.3 is 14.6 Å². The van der Waals surface area contributed by atoms with Crippen LogP contribution in [-0.2, 0) is 10.2 Å². The molecule has 1 aromatic heterocycles. The summed E-state index contributed by atoms with van der Waals surface area (Å²) in [6, 6.07) is 0.527. The highest BCUT2D eigenvalue weighted by atomic mass is 16.5. The first kappa shape index (κ1) is 13.1. The topological polar surface area (TPSA) is 39.1 Å². The summed E-state index contributed by atoms with van der Waals surface area (Å²) in [7, 11) is 0. The second-order valence-corrected chi connectivity index (χ2v) is 6.93. The highest BCUT2D eigenvalue weighted by molar-refractivity contribution is 5.18. The third-order valence-corrected chi connectivity index (χ3v) is 4.72. The van der Waals surface area contributed by atoms with E-state index in [1.165, 1.54) is 12.1 Å². The van der Waals surface area contributed by atoms with Gasteiger partial charge in [-0.1, -0.05) is 6.92 Å². The number of nitrogens with one attached hydrogen (secondary N) is 1. The fourth-order valence-corrected chi connectivity index (χ4v) is 3.54. The van der Waals surface area contributed by atoms with Gasteiger partial charge in [0.15, 0.2) is 0 Å². The predicted molar refractivity (Wildman–Crippen MR) is 75.4 cm³/mol. The number of aromatic nitrogens is 2. The summed E-state index contributed by atoms with van der Waals surface area (Å²) in [5.41, 5.74) is 1.61. The lowest BCUT2D eigenvalue weighted by Crippen LogP contribution is -2.37. The molecule has 3 heterocycles. The molecule has 2 aliphatic rings. The summed E-state index contributed by atoms with van der Waals surface area (Å²) in [5.74, 6) is 0. The van der Waals surface area contributed by atoms with E-state index in [1.807, 2.05) is 6.33 Å². The molecule has 0 spiro atoms. The zero-order valence-corrected chi connectivity index (χ0v) is 12.3. The highest BCUT2D eigenvalue weighted by Crippen LogP contribution is 2.37. The molecule has 0 radical (unpaired) electrons. The van der Waals surface area contributed by atoms with E-state index in [-0.39, 0.29) is 11.0 Å². The van der Waals surface area contributed by atoms with Crippen molar-refractivity contribution in [1.29, 1.82) is 0 Å². The lowest BCUT2D eigenvalue weighted by Gasteiger charge is -2.38. The van der Waals surface area contributed by atoms with Crippen LogP contribution in [0.15, 0.2) is 12.5 Å². The number of ether oxygens (including phenoxy) is 1. The first-order valence-electron chi connectivity index (χ1n) is 7.37. The number of rotatable bonds is 2. The molecule has 3 rings (SSSR count).